The molecule has 15 heavy (non-hydrogen) atoms. The predicted molar refractivity (Wildman–Crippen MR) is 58.2 cm³/mol. The van der Waals surface area contributed by atoms with Gasteiger partial charge in [0, 0.05) is 7.05 Å². The normalized spacial score (nSPS) is 10.5. The highest BCUT2D eigenvalue weighted by atomic mass is 16.5. The van der Waals surface area contributed by atoms with Crippen LogP contribution in [0.4, 0.5) is 0 Å². The Morgan fingerprint density at radius 2 is 2.13 bits per heavy atom. The largest absolute Gasteiger partial charge is 0.474 e. The highest BCUT2D eigenvalue weighted by molar-refractivity contribution is 5.74. The van der Waals surface area contributed by atoms with Crippen molar-refractivity contribution >= 4 is 11.0 Å². The van der Waals surface area contributed by atoms with Crippen LogP contribution in [-0.2, 0) is 7.05 Å². The van der Waals surface area contributed by atoms with E-state index in [0.29, 0.717) is 6.61 Å². The molecule has 0 saturated heterocycles. The first-order valence-electron chi connectivity index (χ1n) is 4.82. The van der Waals surface area contributed by atoms with Crippen molar-refractivity contribution in [1.82, 2.24) is 9.55 Å². The molecule has 2 aromatic rings. The summed E-state index contributed by atoms with van der Waals surface area (Å²) >= 11 is 0. The molecule has 0 aliphatic heterocycles. The van der Waals surface area contributed by atoms with E-state index in [1.165, 1.54) is 0 Å². The maximum Gasteiger partial charge on any atom is 0.313 e. The van der Waals surface area contributed by atoms with E-state index >= 15 is 0 Å². The molecule has 0 radical (unpaired) electrons. The Hall–Kier alpha value is -1.84. The van der Waals surface area contributed by atoms with Gasteiger partial charge in [0.1, 0.15) is 0 Å². The van der Waals surface area contributed by atoms with Gasteiger partial charge in [-0.15, -0.1) is 0 Å². The molecule has 1 aromatic heterocycles. The molecule has 0 atom stereocenters. The SMILES string of the molecule is CCOc1nc2ccccc2n(C)c1=O. The van der Waals surface area contributed by atoms with Crippen LogP contribution in [0.2, 0.25) is 0 Å². The molecule has 0 unspecified atom stereocenters. The molecule has 0 bridgehead atoms. The van der Waals surface area contributed by atoms with Crippen molar-refractivity contribution in [2.24, 2.45) is 7.05 Å². The lowest BCUT2D eigenvalue weighted by atomic mass is 10.3. The summed E-state index contributed by atoms with van der Waals surface area (Å²) in [6, 6.07) is 7.48. The molecule has 0 saturated carbocycles. The van der Waals surface area contributed by atoms with E-state index in [0.717, 1.165) is 11.0 Å². The van der Waals surface area contributed by atoms with Gasteiger partial charge in [0.15, 0.2) is 0 Å². The van der Waals surface area contributed by atoms with Crippen molar-refractivity contribution < 1.29 is 4.74 Å². The van der Waals surface area contributed by atoms with Crippen LogP contribution in [0, 0.1) is 0 Å². The summed E-state index contributed by atoms with van der Waals surface area (Å²) in [4.78, 5) is 15.9. The minimum absolute atomic E-state index is 0.165. The molecule has 0 fully saturated rings. The second-order valence-corrected chi connectivity index (χ2v) is 3.20. The fourth-order valence-corrected chi connectivity index (χ4v) is 1.48. The first-order chi connectivity index (χ1) is 7.24. The number of benzene rings is 1. The van der Waals surface area contributed by atoms with Gasteiger partial charge in [-0.1, -0.05) is 12.1 Å². The van der Waals surface area contributed by atoms with Gasteiger partial charge in [0.05, 0.1) is 17.6 Å². The number of hydrogen-bond acceptors (Lipinski definition) is 3. The molecular formula is C11H12N2O2. The molecule has 0 spiro atoms. The Kier molecular flexibility index (Phi) is 2.41. The van der Waals surface area contributed by atoms with Crippen LogP contribution in [0.1, 0.15) is 6.92 Å². The number of para-hydroxylation sites is 2. The van der Waals surface area contributed by atoms with Gasteiger partial charge < -0.3 is 9.30 Å². The summed E-state index contributed by atoms with van der Waals surface area (Å²) in [7, 11) is 1.72. The molecule has 1 heterocycles. The number of hydrogen-bond donors (Lipinski definition) is 0. The first-order valence-corrected chi connectivity index (χ1v) is 4.82. The third kappa shape index (κ3) is 1.58. The fourth-order valence-electron chi connectivity index (χ4n) is 1.48. The Balaban J connectivity index is 2.77. The van der Waals surface area contributed by atoms with E-state index in [1.807, 2.05) is 31.2 Å². The van der Waals surface area contributed by atoms with Crippen LogP contribution in [0.5, 0.6) is 5.88 Å². The Labute approximate surface area is 87.1 Å². The molecule has 78 valence electrons. The van der Waals surface area contributed by atoms with Crippen molar-refractivity contribution in [2.45, 2.75) is 6.92 Å². The number of nitrogens with zero attached hydrogens (tertiary/aromatic N) is 2. The third-order valence-corrected chi connectivity index (χ3v) is 2.23. The average molecular weight is 204 g/mol. The topological polar surface area (TPSA) is 44.1 Å². The minimum Gasteiger partial charge on any atom is -0.474 e. The van der Waals surface area contributed by atoms with Gasteiger partial charge >= 0.3 is 5.56 Å². The van der Waals surface area contributed by atoms with Gasteiger partial charge in [0.25, 0.3) is 5.88 Å². The average Bonchev–Trinajstić information content (AvgIpc) is 2.26. The van der Waals surface area contributed by atoms with Crippen LogP contribution in [0.25, 0.3) is 11.0 Å². The maximum atomic E-state index is 11.7. The van der Waals surface area contributed by atoms with Crippen LogP contribution in [0.3, 0.4) is 0 Å². The quantitative estimate of drug-likeness (QED) is 0.741. The Morgan fingerprint density at radius 3 is 2.87 bits per heavy atom. The van der Waals surface area contributed by atoms with E-state index in [1.54, 1.807) is 11.6 Å². The predicted octanol–water partition coefficient (Wildman–Crippen LogP) is 1.33. The van der Waals surface area contributed by atoms with Crippen LogP contribution in [-0.4, -0.2) is 16.2 Å². The molecule has 0 amide bonds. The molecular weight excluding hydrogens is 192 g/mol. The van der Waals surface area contributed by atoms with Gasteiger partial charge in [-0.05, 0) is 19.1 Å². The van der Waals surface area contributed by atoms with Crippen LogP contribution < -0.4 is 10.3 Å². The number of aryl methyl sites for hydroxylation is 1. The summed E-state index contributed by atoms with van der Waals surface area (Å²) in [6.07, 6.45) is 0. The molecule has 4 nitrogen and oxygen atoms in total. The van der Waals surface area contributed by atoms with Gasteiger partial charge in [0.2, 0.25) is 0 Å². The van der Waals surface area contributed by atoms with Gasteiger partial charge in [-0.2, -0.15) is 0 Å². The van der Waals surface area contributed by atoms with Crippen molar-refractivity contribution in [2.75, 3.05) is 6.61 Å². The Bertz CT molecular complexity index is 546. The summed E-state index contributed by atoms with van der Waals surface area (Å²) in [5, 5.41) is 0. The summed E-state index contributed by atoms with van der Waals surface area (Å²) in [5.74, 6) is 0.165. The standard InChI is InChI=1S/C11H12N2O2/c1-3-15-10-11(14)13(2)9-7-5-4-6-8(9)12-10/h4-7H,3H2,1-2H3. The van der Waals surface area contributed by atoms with Crippen molar-refractivity contribution in [3.63, 3.8) is 0 Å². The summed E-state index contributed by atoms with van der Waals surface area (Å²) in [6.45, 7) is 2.27. The molecule has 0 N–H and O–H groups in total. The van der Waals surface area contributed by atoms with Crippen molar-refractivity contribution in [3.8, 4) is 5.88 Å². The smallest absolute Gasteiger partial charge is 0.313 e. The molecule has 2 rings (SSSR count). The summed E-state index contributed by atoms with van der Waals surface area (Å²) in [5.41, 5.74) is 1.38. The van der Waals surface area contributed by atoms with Gasteiger partial charge in [-0.3, -0.25) is 4.79 Å². The van der Waals surface area contributed by atoms with E-state index in [9.17, 15) is 4.79 Å². The monoisotopic (exact) mass is 204 g/mol. The second-order valence-electron chi connectivity index (χ2n) is 3.20. The van der Waals surface area contributed by atoms with Crippen molar-refractivity contribution in [3.05, 3.63) is 34.6 Å². The fraction of sp³-hybridized carbons (Fsp3) is 0.273. The lowest BCUT2D eigenvalue weighted by Gasteiger charge is -2.07. The van der Waals surface area contributed by atoms with Crippen molar-refractivity contribution in [1.29, 1.82) is 0 Å². The zero-order valence-corrected chi connectivity index (χ0v) is 8.73. The molecule has 4 heteroatoms. The van der Waals surface area contributed by atoms with Gasteiger partial charge in [-0.25, -0.2) is 4.98 Å². The number of rotatable bonds is 2. The highest BCUT2D eigenvalue weighted by Crippen LogP contribution is 2.11. The minimum atomic E-state index is -0.199. The molecule has 0 aliphatic rings. The maximum absolute atomic E-state index is 11.7. The number of aromatic nitrogens is 2. The molecule has 1 aromatic carbocycles. The second kappa shape index (κ2) is 3.73. The van der Waals surface area contributed by atoms with Crippen LogP contribution >= 0.6 is 0 Å². The summed E-state index contributed by atoms with van der Waals surface area (Å²) < 4.78 is 6.73. The molecule has 0 aliphatic carbocycles. The Morgan fingerprint density at radius 1 is 1.40 bits per heavy atom. The van der Waals surface area contributed by atoms with E-state index in [2.05, 4.69) is 4.98 Å². The number of ether oxygens (including phenoxy) is 1. The van der Waals surface area contributed by atoms with E-state index in [-0.39, 0.29) is 11.4 Å². The number of fused-ring (bicyclic) bond motifs is 1. The zero-order chi connectivity index (χ0) is 10.8. The third-order valence-electron chi connectivity index (χ3n) is 2.23. The first kappa shape index (κ1) is 9.71. The lowest BCUT2D eigenvalue weighted by molar-refractivity contribution is 0.321. The van der Waals surface area contributed by atoms with E-state index in [4.69, 9.17) is 4.74 Å². The van der Waals surface area contributed by atoms with E-state index < -0.39 is 0 Å². The lowest BCUT2D eigenvalue weighted by Crippen LogP contribution is -2.21. The zero-order valence-electron chi connectivity index (χ0n) is 8.73. The van der Waals surface area contributed by atoms with Crippen LogP contribution in [0.15, 0.2) is 29.1 Å². The highest BCUT2D eigenvalue weighted by Gasteiger charge is 2.07.